The molecule has 1 aliphatic carbocycles. The van der Waals surface area contributed by atoms with E-state index in [-0.39, 0.29) is 6.03 Å². The van der Waals surface area contributed by atoms with E-state index in [9.17, 15) is 4.79 Å². The van der Waals surface area contributed by atoms with Crippen molar-refractivity contribution in [2.75, 3.05) is 13.1 Å². The van der Waals surface area contributed by atoms with Crippen molar-refractivity contribution in [1.29, 1.82) is 0 Å². The zero-order chi connectivity index (χ0) is 11.4. The van der Waals surface area contributed by atoms with E-state index in [0.717, 1.165) is 38.8 Å². The molecule has 0 radical (unpaired) electrons. The van der Waals surface area contributed by atoms with Gasteiger partial charge in [0.1, 0.15) is 0 Å². The number of nitrogens with zero attached hydrogens (tertiary/aromatic N) is 1. The van der Waals surface area contributed by atoms with Crippen LogP contribution in [0, 0.1) is 0 Å². The molecular formula is C12H23N3O. The first-order valence-electron chi connectivity index (χ1n) is 6.57. The van der Waals surface area contributed by atoms with E-state index in [1.54, 1.807) is 0 Å². The van der Waals surface area contributed by atoms with Crippen LogP contribution in [0.25, 0.3) is 0 Å². The molecule has 92 valence electrons. The summed E-state index contributed by atoms with van der Waals surface area (Å²) in [5.41, 5.74) is 5.56. The average molecular weight is 225 g/mol. The maximum atomic E-state index is 11.6. The minimum absolute atomic E-state index is 0.209. The number of nitrogens with two attached hydrogens (primary N) is 1. The van der Waals surface area contributed by atoms with Gasteiger partial charge in [0.05, 0.1) is 0 Å². The molecule has 0 aromatic heterocycles. The van der Waals surface area contributed by atoms with Crippen LogP contribution in [-0.4, -0.2) is 36.1 Å². The topological polar surface area (TPSA) is 58.4 Å². The molecule has 4 heteroatoms. The number of urea groups is 1. The highest BCUT2D eigenvalue weighted by Crippen LogP contribution is 2.26. The zero-order valence-electron chi connectivity index (χ0n) is 9.95. The third-order valence-corrected chi connectivity index (χ3v) is 3.92. The molecule has 1 saturated heterocycles. The lowest BCUT2D eigenvalue weighted by Crippen LogP contribution is -2.53. The largest absolute Gasteiger partial charge is 0.351 e. The van der Waals surface area contributed by atoms with Crippen molar-refractivity contribution in [2.24, 2.45) is 5.73 Å². The fourth-order valence-electron chi connectivity index (χ4n) is 3.10. The van der Waals surface area contributed by atoms with Crippen molar-refractivity contribution in [3.8, 4) is 0 Å². The molecule has 0 bridgehead atoms. The maximum Gasteiger partial charge on any atom is 0.315 e. The molecule has 16 heavy (non-hydrogen) atoms. The number of hydrogen-bond donors (Lipinski definition) is 2. The van der Waals surface area contributed by atoms with Crippen molar-refractivity contribution < 1.29 is 4.79 Å². The SMILES string of the molecule is NC(=O)N(C1CCCCC1)C1CCNCC1. The summed E-state index contributed by atoms with van der Waals surface area (Å²) in [5.74, 6) is 0. The minimum atomic E-state index is -0.209. The molecule has 1 saturated carbocycles. The van der Waals surface area contributed by atoms with Gasteiger partial charge in [-0.25, -0.2) is 4.79 Å². The van der Waals surface area contributed by atoms with E-state index in [0.29, 0.717) is 12.1 Å². The summed E-state index contributed by atoms with van der Waals surface area (Å²) >= 11 is 0. The Labute approximate surface area is 97.6 Å². The molecule has 0 spiro atoms. The van der Waals surface area contributed by atoms with E-state index in [1.165, 1.54) is 19.3 Å². The van der Waals surface area contributed by atoms with E-state index >= 15 is 0 Å². The van der Waals surface area contributed by atoms with Crippen LogP contribution in [0.15, 0.2) is 0 Å². The highest BCUT2D eigenvalue weighted by molar-refractivity contribution is 5.72. The second-order valence-electron chi connectivity index (χ2n) is 5.02. The van der Waals surface area contributed by atoms with Crippen LogP contribution >= 0.6 is 0 Å². The van der Waals surface area contributed by atoms with Gasteiger partial charge in [-0.15, -0.1) is 0 Å². The van der Waals surface area contributed by atoms with Gasteiger partial charge in [-0.1, -0.05) is 19.3 Å². The summed E-state index contributed by atoms with van der Waals surface area (Å²) in [5, 5.41) is 3.33. The number of carbonyl (C=O) groups is 1. The summed E-state index contributed by atoms with van der Waals surface area (Å²) in [7, 11) is 0. The standard InChI is InChI=1S/C12H23N3O/c13-12(16)15(10-4-2-1-3-5-10)11-6-8-14-9-7-11/h10-11,14H,1-9H2,(H2,13,16). The molecule has 0 unspecified atom stereocenters. The molecule has 2 amide bonds. The molecule has 2 rings (SSSR count). The predicted molar refractivity (Wildman–Crippen MR) is 64.2 cm³/mol. The van der Waals surface area contributed by atoms with Crippen LogP contribution in [0.4, 0.5) is 4.79 Å². The molecule has 0 aromatic rings. The summed E-state index contributed by atoms with van der Waals surface area (Å²) in [6, 6.07) is 0.579. The molecule has 1 heterocycles. The number of hydrogen-bond acceptors (Lipinski definition) is 2. The van der Waals surface area contributed by atoms with Crippen molar-refractivity contribution in [3.05, 3.63) is 0 Å². The lowest BCUT2D eigenvalue weighted by Gasteiger charge is -2.40. The summed E-state index contributed by atoms with van der Waals surface area (Å²) in [4.78, 5) is 13.6. The first-order chi connectivity index (χ1) is 7.79. The Kier molecular flexibility index (Phi) is 4.04. The Morgan fingerprint density at radius 1 is 1.00 bits per heavy atom. The second kappa shape index (κ2) is 5.53. The fourth-order valence-corrected chi connectivity index (χ4v) is 3.10. The lowest BCUT2D eigenvalue weighted by molar-refractivity contribution is 0.114. The fraction of sp³-hybridized carbons (Fsp3) is 0.917. The van der Waals surface area contributed by atoms with Gasteiger partial charge in [-0.05, 0) is 38.8 Å². The number of nitrogens with one attached hydrogen (secondary N) is 1. The highest BCUT2D eigenvalue weighted by atomic mass is 16.2. The summed E-state index contributed by atoms with van der Waals surface area (Å²) in [6.45, 7) is 2.03. The molecule has 0 atom stereocenters. The molecule has 3 N–H and O–H groups in total. The second-order valence-corrected chi connectivity index (χ2v) is 5.02. The van der Waals surface area contributed by atoms with Crippen LogP contribution in [0.1, 0.15) is 44.9 Å². The predicted octanol–water partition coefficient (Wildman–Crippen LogP) is 1.45. The van der Waals surface area contributed by atoms with Crippen molar-refractivity contribution >= 4 is 6.03 Å². The third kappa shape index (κ3) is 2.67. The van der Waals surface area contributed by atoms with Gasteiger partial charge in [0.25, 0.3) is 0 Å². The van der Waals surface area contributed by atoms with Crippen LogP contribution in [0.5, 0.6) is 0 Å². The lowest BCUT2D eigenvalue weighted by atomic mass is 9.92. The maximum absolute atomic E-state index is 11.6. The summed E-state index contributed by atoms with van der Waals surface area (Å²) in [6.07, 6.45) is 8.22. The molecular weight excluding hydrogens is 202 g/mol. The van der Waals surface area contributed by atoms with Crippen molar-refractivity contribution in [3.63, 3.8) is 0 Å². The molecule has 2 aliphatic rings. The number of amides is 2. The first-order valence-corrected chi connectivity index (χ1v) is 6.57. The summed E-state index contributed by atoms with van der Waals surface area (Å²) < 4.78 is 0. The Hall–Kier alpha value is -0.770. The van der Waals surface area contributed by atoms with E-state index in [1.807, 2.05) is 4.90 Å². The van der Waals surface area contributed by atoms with Crippen LogP contribution in [0.3, 0.4) is 0 Å². The monoisotopic (exact) mass is 225 g/mol. The van der Waals surface area contributed by atoms with Crippen LogP contribution in [-0.2, 0) is 0 Å². The van der Waals surface area contributed by atoms with E-state index < -0.39 is 0 Å². The molecule has 4 nitrogen and oxygen atoms in total. The van der Waals surface area contributed by atoms with Crippen molar-refractivity contribution in [2.45, 2.75) is 57.0 Å². The normalized spacial score (nSPS) is 24.2. The first kappa shape index (κ1) is 11.7. The zero-order valence-corrected chi connectivity index (χ0v) is 9.95. The van der Waals surface area contributed by atoms with E-state index in [2.05, 4.69) is 5.32 Å². The average Bonchev–Trinajstić information content (AvgIpc) is 2.31. The number of primary amides is 1. The van der Waals surface area contributed by atoms with Gasteiger partial charge < -0.3 is 16.0 Å². The van der Waals surface area contributed by atoms with Gasteiger partial charge in [0, 0.05) is 12.1 Å². The molecule has 2 fully saturated rings. The van der Waals surface area contributed by atoms with Gasteiger partial charge in [0.15, 0.2) is 0 Å². The minimum Gasteiger partial charge on any atom is -0.351 e. The van der Waals surface area contributed by atoms with E-state index in [4.69, 9.17) is 5.73 Å². The van der Waals surface area contributed by atoms with Crippen LogP contribution in [0.2, 0.25) is 0 Å². The third-order valence-electron chi connectivity index (χ3n) is 3.92. The Bertz CT molecular complexity index is 214. The Morgan fingerprint density at radius 3 is 2.12 bits per heavy atom. The van der Waals surface area contributed by atoms with Crippen LogP contribution < -0.4 is 11.1 Å². The molecule has 0 aromatic carbocycles. The van der Waals surface area contributed by atoms with Gasteiger partial charge >= 0.3 is 6.03 Å². The van der Waals surface area contributed by atoms with Crippen molar-refractivity contribution in [1.82, 2.24) is 10.2 Å². The Balaban J connectivity index is 1.99. The highest BCUT2D eigenvalue weighted by Gasteiger charge is 2.30. The molecule has 1 aliphatic heterocycles. The number of rotatable bonds is 2. The number of carbonyl (C=O) groups excluding carboxylic acids is 1. The van der Waals surface area contributed by atoms with Gasteiger partial charge in [0.2, 0.25) is 0 Å². The van der Waals surface area contributed by atoms with Gasteiger partial charge in [-0.3, -0.25) is 0 Å². The number of piperidine rings is 1. The quantitative estimate of drug-likeness (QED) is 0.747. The van der Waals surface area contributed by atoms with Gasteiger partial charge in [-0.2, -0.15) is 0 Å². The Morgan fingerprint density at radius 2 is 1.56 bits per heavy atom. The smallest absolute Gasteiger partial charge is 0.315 e.